The highest BCUT2D eigenvalue weighted by Gasteiger charge is 2.44. The highest BCUT2D eigenvalue weighted by atomic mass is 16.6. The molecule has 1 saturated heterocycles. The fourth-order valence-corrected chi connectivity index (χ4v) is 2.67. The van der Waals surface area contributed by atoms with Crippen LogP contribution in [0.1, 0.15) is 26.7 Å². The maximum atomic E-state index is 11.8. The molecule has 0 N–H and O–H groups in total. The van der Waals surface area contributed by atoms with Gasteiger partial charge in [-0.2, -0.15) is 0 Å². The van der Waals surface area contributed by atoms with Gasteiger partial charge in [0, 0.05) is 13.2 Å². The third-order valence-corrected chi connectivity index (χ3v) is 3.56. The number of amides is 1. The van der Waals surface area contributed by atoms with Crippen LogP contribution in [0.15, 0.2) is 12.7 Å². The minimum atomic E-state index is -0.313. The van der Waals surface area contributed by atoms with Gasteiger partial charge in [-0.05, 0) is 24.7 Å². The SMILES string of the molecule is C=CC[C@@H]1C(C(C)C)CC(OC)N1C(=O)OC. The van der Waals surface area contributed by atoms with Crippen molar-refractivity contribution in [3.63, 3.8) is 0 Å². The van der Waals surface area contributed by atoms with E-state index in [1.165, 1.54) is 7.11 Å². The largest absolute Gasteiger partial charge is 0.453 e. The first-order chi connectivity index (χ1) is 8.06. The van der Waals surface area contributed by atoms with Gasteiger partial charge < -0.3 is 9.47 Å². The molecule has 17 heavy (non-hydrogen) atoms. The van der Waals surface area contributed by atoms with Gasteiger partial charge in [0.15, 0.2) is 0 Å². The zero-order chi connectivity index (χ0) is 13.0. The molecule has 3 atom stereocenters. The quantitative estimate of drug-likeness (QED) is 0.710. The van der Waals surface area contributed by atoms with Crippen LogP contribution in [0.3, 0.4) is 0 Å². The third-order valence-electron chi connectivity index (χ3n) is 3.56. The number of hydrogen-bond acceptors (Lipinski definition) is 3. The zero-order valence-electron chi connectivity index (χ0n) is 11.2. The van der Waals surface area contributed by atoms with Gasteiger partial charge in [-0.1, -0.05) is 19.9 Å². The summed E-state index contributed by atoms with van der Waals surface area (Å²) in [6.45, 7) is 8.12. The Morgan fingerprint density at radius 3 is 2.59 bits per heavy atom. The standard InChI is InChI=1S/C13H23NO3/c1-6-7-11-10(9(2)3)8-12(16-4)14(11)13(15)17-5/h6,9-12H,1,7-8H2,2-5H3/t10?,11-,12?/m1/s1. The third kappa shape index (κ3) is 2.80. The van der Waals surface area contributed by atoms with E-state index in [0.717, 1.165) is 12.8 Å². The maximum Gasteiger partial charge on any atom is 0.411 e. The number of ether oxygens (including phenoxy) is 2. The van der Waals surface area contributed by atoms with Gasteiger partial charge >= 0.3 is 6.09 Å². The zero-order valence-corrected chi connectivity index (χ0v) is 11.2. The Balaban J connectivity index is 2.94. The predicted molar refractivity (Wildman–Crippen MR) is 66.6 cm³/mol. The first-order valence-corrected chi connectivity index (χ1v) is 6.06. The number of likely N-dealkylation sites (tertiary alicyclic amines) is 1. The highest BCUT2D eigenvalue weighted by Crippen LogP contribution is 2.37. The van der Waals surface area contributed by atoms with Crippen LogP contribution in [0.4, 0.5) is 4.79 Å². The molecule has 4 heteroatoms. The topological polar surface area (TPSA) is 38.8 Å². The van der Waals surface area contributed by atoms with Gasteiger partial charge in [-0.25, -0.2) is 4.79 Å². The summed E-state index contributed by atoms with van der Waals surface area (Å²) in [5.41, 5.74) is 0. The summed E-state index contributed by atoms with van der Waals surface area (Å²) in [4.78, 5) is 13.5. The van der Waals surface area contributed by atoms with Crippen molar-refractivity contribution in [3.8, 4) is 0 Å². The Hall–Kier alpha value is -1.03. The average molecular weight is 241 g/mol. The molecular formula is C13H23NO3. The summed E-state index contributed by atoms with van der Waals surface area (Å²) in [6.07, 6.45) is 3.00. The molecule has 0 saturated carbocycles. The summed E-state index contributed by atoms with van der Waals surface area (Å²) in [6, 6.07) is 0.130. The lowest BCUT2D eigenvalue weighted by Crippen LogP contribution is -2.43. The Labute approximate surface area is 104 Å². The molecule has 1 rings (SSSR count). The van der Waals surface area contributed by atoms with Crippen LogP contribution < -0.4 is 0 Å². The summed E-state index contributed by atoms with van der Waals surface area (Å²) < 4.78 is 10.2. The van der Waals surface area contributed by atoms with Crippen LogP contribution in [-0.4, -0.2) is 37.5 Å². The summed E-state index contributed by atoms with van der Waals surface area (Å²) in [5, 5.41) is 0. The van der Waals surface area contributed by atoms with Crippen molar-refractivity contribution >= 4 is 6.09 Å². The molecule has 1 aliphatic rings. The molecule has 98 valence electrons. The fraction of sp³-hybridized carbons (Fsp3) is 0.769. The molecule has 0 radical (unpaired) electrons. The molecule has 0 aliphatic carbocycles. The monoisotopic (exact) mass is 241 g/mol. The number of rotatable bonds is 4. The van der Waals surface area contributed by atoms with Crippen LogP contribution in [0.2, 0.25) is 0 Å². The number of carbonyl (C=O) groups is 1. The van der Waals surface area contributed by atoms with Crippen molar-refractivity contribution in [1.82, 2.24) is 4.90 Å². The number of nitrogens with zero attached hydrogens (tertiary/aromatic N) is 1. The lowest BCUT2D eigenvalue weighted by molar-refractivity contribution is -0.0136. The lowest BCUT2D eigenvalue weighted by atomic mass is 9.87. The second-order valence-electron chi connectivity index (χ2n) is 4.80. The van der Waals surface area contributed by atoms with Gasteiger partial charge in [0.25, 0.3) is 0 Å². The van der Waals surface area contributed by atoms with E-state index in [9.17, 15) is 4.79 Å². The molecule has 1 aliphatic heterocycles. The van der Waals surface area contributed by atoms with E-state index >= 15 is 0 Å². The second kappa shape index (κ2) is 6.05. The Morgan fingerprint density at radius 2 is 2.18 bits per heavy atom. The Bertz CT molecular complexity index is 278. The molecule has 1 fully saturated rings. The lowest BCUT2D eigenvalue weighted by Gasteiger charge is -2.29. The Morgan fingerprint density at radius 1 is 1.53 bits per heavy atom. The van der Waals surface area contributed by atoms with Gasteiger partial charge in [0.1, 0.15) is 6.23 Å². The molecule has 0 bridgehead atoms. The van der Waals surface area contributed by atoms with Crippen LogP contribution >= 0.6 is 0 Å². The summed E-state index contributed by atoms with van der Waals surface area (Å²) in [7, 11) is 3.04. The van der Waals surface area contributed by atoms with E-state index in [1.807, 2.05) is 6.08 Å². The number of carbonyl (C=O) groups excluding carboxylic acids is 1. The molecule has 4 nitrogen and oxygen atoms in total. The van der Waals surface area contributed by atoms with E-state index in [1.54, 1.807) is 12.0 Å². The first kappa shape index (κ1) is 14.0. The highest BCUT2D eigenvalue weighted by molar-refractivity contribution is 5.68. The van der Waals surface area contributed by atoms with Crippen LogP contribution in [0.25, 0.3) is 0 Å². The van der Waals surface area contributed by atoms with E-state index in [2.05, 4.69) is 20.4 Å². The number of hydrogen-bond donors (Lipinski definition) is 0. The molecule has 0 aromatic rings. The first-order valence-electron chi connectivity index (χ1n) is 6.06. The van der Waals surface area contributed by atoms with E-state index in [4.69, 9.17) is 9.47 Å². The van der Waals surface area contributed by atoms with Crippen LogP contribution in [0.5, 0.6) is 0 Å². The van der Waals surface area contributed by atoms with Gasteiger partial charge in [-0.15, -0.1) is 6.58 Å². The molecule has 1 amide bonds. The van der Waals surface area contributed by atoms with Crippen molar-refractivity contribution in [1.29, 1.82) is 0 Å². The molecular weight excluding hydrogens is 218 g/mol. The molecule has 1 heterocycles. The van der Waals surface area contributed by atoms with Gasteiger partial charge in [0.2, 0.25) is 0 Å². The van der Waals surface area contributed by atoms with Crippen LogP contribution in [0, 0.1) is 11.8 Å². The van der Waals surface area contributed by atoms with E-state index in [0.29, 0.717) is 11.8 Å². The minimum Gasteiger partial charge on any atom is -0.453 e. The van der Waals surface area contributed by atoms with Crippen molar-refractivity contribution in [2.75, 3.05) is 14.2 Å². The fourth-order valence-electron chi connectivity index (χ4n) is 2.67. The van der Waals surface area contributed by atoms with E-state index in [-0.39, 0.29) is 18.4 Å². The number of methoxy groups -OCH3 is 2. The summed E-state index contributed by atoms with van der Waals surface area (Å²) >= 11 is 0. The molecule has 0 aromatic heterocycles. The van der Waals surface area contributed by atoms with Crippen molar-refractivity contribution in [2.45, 2.75) is 39.0 Å². The minimum absolute atomic E-state index is 0.130. The van der Waals surface area contributed by atoms with Gasteiger partial charge in [-0.3, -0.25) is 4.90 Å². The van der Waals surface area contributed by atoms with Crippen molar-refractivity contribution in [3.05, 3.63) is 12.7 Å². The van der Waals surface area contributed by atoms with Crippen molar-refractivity contribution in [2.24, 2.45) is 11.8 Å². The summed E-state index contributed by atoms with van der Waals surface area (Å²) in [5.74, 6) is 0.935. The Kier molecular flexibility index (Phi) is 5.00. The second-order valence-corrected chi connectivity index (χ2v) is 4.80. The normalized spacial score (nSPS) is 28.5. The molecule has 0 spiro atoms. The van der Waals surface area contributed by atoms with E-state index < -0.39 is 0 Å². The predicted octanol–water partition coefficient (Wildman–Crippen LogP) is 2.65. The van der Waals surface area contributed by atoms with Crippen molar-refractivity contribution < 1.29 is 14.3 Å². The van der Waals surface area contributed by atoms with Gasteiger partial charge in [0.05, 0.1) is 7.11 Å². The van der Waals surface area contributed by atoms with Crippen LogP contribution in [-0.2, 0) is 9.47 Å². The maximum absolute atomic E-state index is 11.8. The average Bonchev–Trinajstić information content (AvgIpc) is 2.67. The smallest absolute Gasteiger partial charge is 0.411 e. The molecule has 0 aromatic carbocycles. The molecule has 2 unspecified atom stereocenters.